The molecular formula is C8H5ClN2OS2. The van der Waals surface area contributed by atoms with Crippen LogP contribution in [0, 0.1) is 0 Å². The van der Waals surface area contributed by atoms with E-state index in [1.54, 1.807) is 12.1 Å². The summed E-state index contributed by atoms with van der Waals surface area (Å²) in [5.74, 6) is -0.209. The van der Waals surface area contributed by atoms with Gasteiger partial charge in [0.2, 0.25) is 0 Å². The first-order valence-electron chi connectivity index (χ1n) is 3.74. The Labute approximate surface area is 94.8 Å². The van der Waals surface area contributed by atoms with Crippen LogP contribution in [0.1, 0.15) is 4.88 Å². The van der Waals surface area contributed by atoms with E-state index >= 15 is 0 Å². The van der Waals surface area contributed by atoms with E-state index in [1.807, 2.05) is 6.07 Å². The van der Waals surface area contributed by atoms with Crippen molar-refractivity contribution in [1.82, 2.24) is 10.6 Å². The highest BCUT2D eigenvalue weighted by Crippen LogP contribution is 2.23. The molecule has 0 saturated carbocycles. The van der Waals surface area contributed by atoms with E-state index in [4.69, 9.17) is 23.8 Å². The lowest BCUT2D eigenvalue weighted by atomic mass is 10.3. The molecule has 1 fully saturated rings. The van der Waals surface area contributed by atoms with Gasteiger partial charge in [0.15, 0.2) is 5.11 Å². The third-order valence-corrected chi connectivity index (χ3v) is 2.98. The molecule has 6 heteroatoms. The number of hydrogen-bond donors (Lipinski definition) is 2. The number of halogens is 1. The number of carbonyl (C=O) groups is 1. The second-order valence-electron chi connectivity index (χ2n) is 2.61. The fourth-order valence-electron chi connectivity index (χ4n) is 1.03. The maximum absolute atomic E-state index is 11.2. The maximum Gasteiger partial charge on any atom is 0.273 e. The summed E-state index contributed by atoms with van der Waals surface area (Å²) in [6.07, 6.45) is 1.71. The molecule has 0 atom stereocenters. The molecule has 0 spiro atoms. The molecule has 1 aromatic rings. The van der Waals surface area contributed by atoms with Crippen molar-refractivity contribution >= 4 is 52.3 Å². The van der Waals surface area contributed by atoms with Gasteiger partial charge in [-0.25, -0.2) is 0 Å². The van der Waals surface area contributed by atoms with Gasteiger partial charge in [0.1, 0.15) is 5.70 Å². The molecule has 1 aliphatic heterocycles. The van der Waals surface area contributed by atoms with Gasteiger partial charge in [-0.05, 0) is 30.4 Å². The largest absolute Gasteiger partial charge is 0.328 e. The average Bonchev–Trinajstić information content (AvgIpc) is 2.61. The van der Waals surface area contributed by atoms with Crippen LogP contribution in [0.2, 0.25) is 4.34 Å². The number of thiophene rings is 1. The van der Waals surface area contributed by atoms with Crippen LogP contribution in [0.15, 0.2) is 17.8 Å². The van der Waals surface area contributed by atoms with Gasteiger partial charge in [-0.2, -0.15) is 0 Å². The third kappa shape index (κ3) is 1.95. The Bertz CT molecular complexity index is 438. The van der Waals surface area contributed by atoms with Crippen LogP contribution in [0.4, 0.5) is 0 Å². The summed E-state index contributed by atoms with van der Waals surface area (Å²) in [6, 6.07) is 3.63. The summed E-state index contributed by atoms with van der Waals surface area (Å²) in [5.41, 5.74) is 0.452. The molecule has 1 saturated heterocycles. The van der Waals surface area contributed by atoms with Crippen molar-refractivity contribution in [2.75, 3.05) is 0 Å². The molecule has 14 heavy (non-hydrogen) atoms. The highest BCUT2D eigenvalue weighted by atomic mass is 35.5. The first-order chi connectivity index (χ1) is 6.65. The molecule has 1 aromatic heterocycles. The average molecular weight is 245 g/mol. The van der Waals surface area contributed by atoms with E-state index in [9.17, 15) is 4.79 Å². The Kier molecular flexibility index (Phi) is 2.54. The first-order valence-corrected chi connectivity index (χ1v) is 5.35. The first kappa shape index (κ1) is 9.64. The van der Waals surface area contributed by atoms with E-state index in [1.165, 1.54) is 11.3 Å². The zero-order valence-electron chi connectivity index (χ0n) is 6.83. The Morgan fingerprint density at radius 3 is 2.71 bits per heavy atom. The van der Waals surface area contributed by atoms with Gasteiger partial charge in [-0.15, -0.1) is 11.3 Å². The third-order valence-electron chi connectivity index (χ3n) is 1.60. The molecule has 2 rings (SSSR count). The predicted octanol–water partition coefficient (Wildman–Crippen LogP) is 1.75. The zero-order chi connectivity index (χ0) is 10.1. The fourth-order valence-corrected chi connectivity index (χ4v) is 2.24. The van der Waals surface area contributed by atoms with E-state index in [0.717, 1.165) is 4.88 Å². The quantitative estimate of drug-likeness (QED) is 0.584. The summed E-state index contributed by atoms with van der Waals surface area (Å²) in [4.78, 5) is 12.2. The minimum Gasteiger partial charge on any atom is -0.328 e. The summed E-state index contributed by atoms with van der Waals surface area (Å²) in [5, 5.41) is 5.57. The summed E-state index contributed by atoms with van der Waals surface area (Å²) in [6.45, 7) is 0. The van der Waals surface area contributed by atoms with Crippen molar-refractivity contribution < 1.29 is 4.79 Å². The van der Waals surface area contributed by atoms with Gasteiger partial charge in [0, 0.05) is 4.88 Å². The Hall–Kier alpha value is -0.910. The predicted molar refractivity (Wildman–Crippen MR) is 61.2 cm³/mol. The zero-order valence-corrected chi connectivity index (χ0v) is 9.22. The molecule has 2 N–H and O–H groups in total. The van der Waals surface area contributed by atoms with Crippen molar-refractivity contribution in [1.29, 1.82) is 0 Å². The summed E-state index contributed by atoms with van der Waals surface area (Å²) in [7, 11) is 0. The number of carbonyl (C=O) groups excluding carboxylic acids is 1. The van der Waals surface area contributed by atoms with E-state index < -0.39 is 0 Å². The van der Waals surface area contributed by atoms with Crippen molar-refractivity contribution in [2.24, 2.45) is 0 Å². The molecule has 0 bridgehead atoms. The molecule has 3 nitrogen and oxygen atoms in total. The minimum atomic E-state index is -0.209. The van der Waals surface area contributed by atoms with Crippen LogP contribution in [0.25, 0.3) is 6.08 Å². The highest BCUT2D eigenvalue weighted by Gasteiger charge is 2.19. The number of hydrogen-bond acceptors (Lipinski definition) is 3. The Morgan fingerprint density at radius 1 is 1.43 bits per heavy atom. The lowest BCUT2D eigenvalue weighted by molar-refractivity contribution is -0.115. The van der Waals surface area contributed by atoms with Crippen LogP contribution in [-0.4, -0.2) is 11.0 Å². The van der Waals surface area contributed by atoms with Gasteiger partial charge < -0.3 is 5.32 Å². The smallest absolute Gasteiger partial charge is 0.273 e. The standard InChI is InChI=1S/C8H5ClN2OS2/c9-6-2-1-4(14-6)3-5-7(12)11-8(13)10-5/h1-3H,(H2,10,11,12,13)/b5-3-. The molecule has 0 unspecified atom stereocenters. The van der Waals surface area contributed by atoms with Crippen molar-refractivity contribution in [3.8, 4) is 0 Å². The molecular weight excluding hydrogens is 240 g/mol. The van der Waals surface area contributed by atoms with Crippen molar-refractivity contribution in [2.45, 2.75) is 0 Å². The van der Waals surface area contributed by atoms with Gasteiger partial charge in [-0.1, -0.05) is 11.6 Å². The number of rotatable bonds is 1. The lowest BCUT2D eigenvalue weighted by Gasteiger charge is -1.91. The molecule has 1 amide bonds. The second kappa shape index (κ2) is 3.68. The van der Waals surface area contributed by atoms with E-state index in [2.05, 4.69) is 10.6 Å². The molecule has 1 aliphatic rings. The van der Waals surface area contributed by atoms with E-state index in [0.29, 0.717) is 15.1 Å². The van der Waals surface area contributed by atoms with Crippen molar-refractivity contribution in [3.63, 3.8) is 0 Å². The minimum absolute atomic E-state index is 0.209. The second-order valence-corrected chi connectivity index (χ2v) is 4.76. The van der Waals surface area contributed by atoms with Gasteiger partial charge in [-0.3, -0.25) is 10.1 Å². The molecule has 0 aromatic carbocycles. The van der Waals surface area contributed by atoms with Crippen LogP contribution in [-0.2, 0) is 4.79 Å². The normalized spacial score (nSPS) is 18.5. The van der Waals surface area contributed by atoms with Crippen LogP contribution < -0.4 is 10.6 Å². The van der Waals surface area contributed by atoms with Gasteiger partial charge in [0.25, 0.3) is 5.91 Å². The summed E-state index contributed by atoms with van der Waals surface area (Å²) >= 11 is 11.9. The Balaban J connectivity index is 2.27. The summed E-state index contributed by atoms with van der Waals surface area (Å²) < 4.78 is 0.692. The number of amides is 1. The molecule has 0 radical (unpaired) electrons. The Morgan fingerprint density at radius 2 is 2.21 bits per heavy atom. The van der Waals surface area contributed by atoms with Gasteiger partial charge in [0.05, 0.1) is 4.34 Å². The maximum atomic E-state index is 11.2. The van der Waals surface area contributed by atoms with Gasteiger partial charge >= 0.3 is 0 Å². The monoisotopic (exact) mass is 244 g/mol. The molecule has 0 aliphatic carbocycles. The number of thiocarbonyl (C=S) groups is 1. The molecule has 72 valence electrons. The SMILES string of the molecule is O=C1NC(=S)N/C1=C\c1ccc(Cl)s1. The van der Waals surface area contributed by atoms with E-state index in [-0.39, 0.29) is 5.91 Å². The van der Waals surface area contributed by atoms with Crippen molar-refractivity contribution in [3.05, 3.63) is 27.0 Å². The van der Waals surface area contributed by atoms with Crippen LogP contribution >= 0.6 is 35.2 Å². The fraction of sp³-hybridized carbons (Fsp3) is 0. The topological polar surface area (TPSA) is 41.1 Å². The van der Waals surface area contributed by atoms with Crippen LogP contribution in [0.3, 0.4) is 0 Å². The molecule has 2 heterocycles. The number of nitrogens with one attached hydrogen (secondary N) is 2. The highest BCUT2D eigenvalue weighted by molar-refractivity contribution is 7.80. The van der Waals surface area contributed by atoms with Crippen LogP contribution in [0.5, 0.6) is 0 Å². The lowest BCUT2D eigenvalue weighted by Crippen LogP contribution is -2.21.